The minimum absolute atomic E-state index is 0.00144. The van der Waals surface area contributed by atoms with Gasteiger partial charge in [0.05, 0.1) is 5.75 Å². The molecule has 2 aromatic rings. The van der Waals surface area contributed by atoms with E-state index in [1.165, 1.54) is 11.8 Å². The Hall–Kier alpha value is -1.34. The first kappa shape index (κ1) is 17.0. The van der Waals surface area contributed by atoms with E-state index in [0.717, 1.165) is 10.0 Å². The maximum Gasteiger partial charge on any atom is 0.230 e. The van der Waals surface area contributed by atoms with Gasteiger partial charge in [0, 0.05) is 16.1 Å². The largest absolute Gasteiger partial charge is 0.353 e. The van der Waals surface area contributed by atoms with Crippen LogP contribution in [0.4, 0.5) is 0 Å². The Kier molecular flexibility index (Phi) is 6.02. The fourth-order valence-corrected chi connectivity index (χ4v) is 2.76. The number of benzene rings is 1. The highest BCUT2D eigenvalue weighted by molar-refractivity contribution is 9.10. The molecule has 2 N–H and O–H groups in total. The van der Waals surface area contributed by atoms with Crippen LogP contribution in [-0.4, -0.2) is 32.9 Å². The molecule has 0 fully saturated rings. The second kappa shape index (κ2) is 7.78. The third-order valence-corrected chi connectivity index (χ3v) is 4.85. The molecule has 0 unspecified atom stereocenters. The van der Waals surface area contributed by atoms with Gasteiger partial charge in [-0.3, -0.25) is 9.89 Å². The van der Waals surface area contributed by atoms with Crippen molar-refractivity contribution in [2.75, 3.05) is 5.75 Å². The van der Waals surface area contributed by atoms with Crippen LogP contribution < -0.4 is 5.32 Å². The quantitative estimate of drug-likeness (QED) is 0.750. The standard InChI is InChI=1S/C15H19BrN4OS/c1-9(2)10(3)17-13(21)8-22-15-18-14(19-20-15)11-6-4-5-7-12(11)16/h4-7,9-10H,8H2,1-3H3,(H,17,21)(H,18,19,20)/t10-/m0/s1. The Labute approximate surface area is 142 Å². The van der Waals surface area contributed by atoms with Gasteiger partial charge >= 0.3 is 0 Å². The third-order valence-electron chi connectivity index (χ3n) is 3.31. The van der Waals surface area contributed by atoms with E-state index in [1.807, 2.05) is 31.2 Å². The minimum atomic E-state index is -0.00144. The van der Waals surface area contributed by atoms with Crippen LogP contribution in [-0.2, 0) is 4.79 Å². The van der Waals surface area contributed by atoms with Crippen LogP contribution in [0.5, 0.6) is 0 Å². The summed E-state index contributed by atoms with van der Waals surface area (Å²) in [6.45, 7) is 6.17. The van der Waals surface area contributed by atoms with Gasteiger partial charge in [-0.05, 0) is 18.9 Å². The lowest BCUT2D eigenvalue weighted by Crippen LogP contribution is -2.37. The summed E-state index contributed by atoms with van der Waals surface area (Å²) in [7, 11) is 0. The van der Waals surface area contributed by atoms with Gasteiger partial charge in [-0.2, -0.15) is 0 Å². The second-order valence-electron chi connectivity index (χ2n) is 5.34. The summed E-state index contributed by atoms with van der Waals surface area (Å²) in [6, 6.07) is 7.95. The molecule has 0 saturated carbocycles. The number of carbonyl (C=O) groups excluding carboxylic acids is 1. The van der Waals surface area contributed by atoms with E-state index < -0.39 is 0 Å². The minimum Gasteiger partial charge on any atom is -0.353 e. The molecule has 5 nitrogen and oxygen atoms in total. The molecule has 0 saturated heterocycles. The Bertz CT molecular complexity index is 644. The number of hydrogen-bond acceptors (Lipinski definition) is 4. The first-order chi connectivity index (χ1) is 10.5. The van der Waals surface area contributed by atoms with Crippen molar-refractivity contribution in [1.29, 1.82) is 0 Å². The smallest absolute Gasteiger partial charge is 0.230 e. The van der Waals surface area contributed by atoms with Crippen LogP contribution in [0.15, 0.2) is 33.9 Å². The van der Waals surface area contributed by atoms with Gasteiger partial charge in [-0.25, -0.2) is 4.98 Å². The number of nitrogens with zero attached hydrogens (tertiary/aromatic N) is 2. The van der Waals surface area contributed by atoms with Gasteiger partial charge in [-0.1, -0.05) is 59.7 Å². The lowest BCUT2D eigenvalue weighted by Gasteiger charge is -2.16. The monoisotopic (exact) mass is 382 g/mol. The summed E-state index contributed by atoms with van der Waals surface area (Å²) in [5, 5.41) is 10.6. The highest BCUT2D eigenvalue weighted by Gasteiger charge is 2.13. The van der Waals surface area contributed by atoms with Crippen LogP contribution in [0.1, 0.15) is 20.8 Å². The van der Waals surface area contributed by atoms with Gasteiger partial charge in [0.2, 0.25) is 11.1 Å². The second-order valence-corrected chi connectivity index (χ2v) is 7.13. The maximum atomic E-state index is 11.9. The third kappa shape index (κ3) is 4.58. The lowest BCUT2D eigenvalue weighted by molar-refractivity contribution is -0.119. The van der Waals surface area contributed by atoms with Crippen molar-refractivity contribution in [2.45, 2.75) is 32.0 Å². The Morgan fingerprint density at radius 1 is 1.36 bits per heavy atom. The van der Waals surface area contributed by atoms with Crippen molar-refractivity contribution >= 4 is 33.6 Å². The Morgan fingerprint density at radius 3 is 2.77 bits per heavy atom. The van der Waals surface area contributed by atoms with E-state index in [9.17, 15) is 4.79 Å². The molecule has 7 heteroatoms. The van der Waals surface area contributed by atoms with Gasteiger partial charge in [0.15, 0.2) is 5.82 Å². The van der Waals surface area contributed by atoms with Crippen molar-refractivity contribution in [1.82, 2.24) is 20.5 Å². The molecule has 0 aliphatic heterocycles. The molecular weight excluding hydrogens is 364 g/mol. The zero-order valence-electron chi connectivity index (χ0n) is 12.8. The van der Waals surface area contributed by atoms with E-state index in [0.29, 0.717) is 22.7 Å². The molecule has 1 heterocycles. The molecule has 2 rings (SSSR count). The van der Waals surface area contributed by atoms with E-state index >= 15 is 0 Å². The van der Waals surface area contributed by atoms with Crippen molar-refractivity contribution in [3.8, 4) is 11.4 Å². The SMILES string of the molecule is CC(C)[C@H](C)NC(=O)CSc1n[nH]c(-c2ccccc2Br)n1. The van der Waals surface area contributed by atoms with Crippen molar-refractivity contribution in [3.05, 3.63) is 28.7 Å². The van der Waals surface area contributed by atoms with Crippen molar-refractivity contribution < 1.29 is 4.79 Å². The van der Waals surface area contributed by atoms with Crippen LogP contribution in [0.25, 0.3) is 11.4 Å². The zero-order chi connectivity index (χ0) is 16.1. The number of aromatic amines is 1. The molecular formula is C15H19BrN4OS. The molecule has 0 aliphatic rings. The normalized spacial score (nSPS) is 12.4. The van der Waals surface area contributed by atoms with E-state index in [2.05, 4.69) is 50.3 Å². The summed E-state index contributed by atoms with van der Waals surface area (Å²) in [6.07, 6.45) is 0. The van der Waals surface area contributed by atoms with E-state index in [4.69, 9.17) is 0 Å². The maximum absolute atomic E-state index is 11.9. The summed E-state index contributed by atoms with van der Waals surface area (Å²) < 4.78 is 0.950. The molecule has 118 valence electrons. The van der Waals surface area contributed by atoms with Crippen LogP contribution >= 0.6 is 27.7 Å². The summed E-state index contributed by atoms with van der Waals surface area (Å²) >= 11 is 4.81. The average Bonchev–Trinajstić information content (AvgIpc) is 2.94. The predicted octanol–water partition coefficient (Wildman–Crippen LogP) is 3.49. The molecule has 0 radical (unpaired) electrons. The molecule has 0 bridgehead atoms. The van der Waals surface area contributed by atoms with Crippen LogP contribution in [0.3, 0.4) is 0 Å². The van der Waals surface area contributed by atoms with Crippen molar-refractivity contribution in [3.63, 3.8) is 0 Å². The van der Waals surface area contributed by atoms with E-state index in [1.54, 1.807) is 0 Å². The first-order valence-corrected chi connectivity index (χ1v) is 8.84. The van der Waals surface area contributed by atoms with Gasteiger partial charge < -0.3 is 5.32 Å². The number of rotatable bonds is 6. The van der Waals surface area contributed by atoms with Crippen LogP contribution in [0, 0.1) is 5.92 Å². The zero-order valence-corrected chi connectivity index (χ0v) is 15.2. The number of amides is 1. The van der Waals surface area contributed by atoms with E-state index in [-0.39, 0.29) is 11.9 Å². The lowest BCUT2D eigenvalue weighted by atomic mass is 10.1. The van der Waals surface area contributed by atoms with Gasteiger partial charge in [0.1, 0.15) is 0 Å². The molecule has 1 aromatic heterocycles. The first-order valence-electron chi connectivity index (χ1n) is 7.07. The molecule has 22 heavy (non-hydrogen) atoms. The highest BCUT2D eigenvalue weighted by atomic mass is 79.9. The number of H-pyrrole nitrogens is 1. The summed E-state index contributed by atoms with van der Waals surface area (Å²) in [5.74, 6) is 1.41. The number of hydrogen-bond donors (Lipinski definition) is 2. The van der Waals surface area contributed by atoms with Gasteiger partial charge in [-0.15, -0.1) is 5.10 Å². The number of aromatic nitrogens is 3. The summed E-state index contributed by atoms with van der Waals surface area (Å²) in [5.41, 5.74) is 0.944. The number of carbonyl (C=O) groups is 1. The average molecular weight is 383 g/mol. The van der Waals surface area contributed by atoms with Gasteiger partial charge in [0.25, 0.3) is 0 Å². The fourth-order valence-electron chi connectivity index (χ4n) is 1.68. The predicted molar refractivity (Wildman–Crippen MR) is 92.7 cm³/mol. The number of thioether (sulfide) groups is 1. The molecule has 0 spiro atoms. The van der Waals surface area contributed by atoms with Crippen molar-refractivity contribution in [2.24, 2.45) is 5.92 Å². The Morgan fingerprint density at radius 2 is 2.09 bits per heavy atom. The highest BCUT2D eigenvalue weighted by Crippen LogP contribution is 2.26. The number of nitrogens with one attached hydrogen (secondary N) is 2. The summed E-state index contributed by atoms with van der Waals surface area (Å²) in [4.78, 5) is 16.3. The number of halogens is 1. The molecule has 1 amide bonds. The van der Waals surface area contributed by atoms with Crippen LogP contribution in [0.2, 0.25) is 0 Å². The molecule has 0 aliphatic carbocycles. The topological polar surface area (TPSA) is 70.7 Å². The fraction of sp³-hybridized carbons (Fsp3) is 0.400. The molecule has 1 atom stereocenters. The molecule has 1 aromatic carbocycles. The Balaban J connectivity index is 1.93.